The van der Waals surface area contributed by atoms with Gasteiger partial charge in [-0.1, -0.05) is 44.2 Å². The maximum atomic E-state index is 12.9. The molecule has 1 unspecified atom stereocenters. The number of nitrogens with zero attached hydrogens (tertiary/aromatic N) is 2. The van der Waals surface area contributed by atoms with E-state index in [4.69, 9.17) is 9.94 Å². The molecule has 0 aliphatic heterocycles. The number of carbonyl (C=O) groups is 4. The molecule has 1 aromatic rings. The first-order valence-electron chi connectivity index (χ1n) is 8.16. The lowest BCUT2D eigenvalue weighted by atomic mass is 10.00. The zero-order chi connectivity index (χ0) is 19.9. The van der Waals surface area contributed by atoms with E-state index in [1.54, 1.807) is 13.8 Å². The van der Waals surface area contributed by atoms with Gasteiger partial charge in [0.05, 0.1) is 0 Å². The summed E-state index contributed by atoms with van der Waals surface area (Å²) in [5.74, 6) is -3.59. The summed E-state index contributed by atoms with van der Waals surface area (Å²) in [6.07, 6.45) is 0. The molecular formula is C18H24N2O6. The second-order valence-corrected chi connectivity index (χ2v) is 6.17. The summed E-state index contributed by atoms with van der Waals surface area (Å²) in [6, 6.07) is 8.12. The molecule has 0 fully saturated rings. The Morgan fingerprint density at radius 1 is 1.08 bits per heavy atom. The molecule has 2 amide bonds. The van der Waals surface area contributed by atoms with Crippen molar-refractivity contribution >= 4 is 23.8 Å². The highest BCUT2D eigenvalue weighted by Gasteiger charge is 2.36. The van der Waals surface area contributed by atoms with Crippen LogP contribution in [-0.2, 0) is 30.6 Å². The second-order valence-electron chi connectivity index (χ2n) is 6.17. The van der Waals surface area contributed by atoms with Crippen LogP contribution in [0.25, 0.3) is 0 Å². The van der Waals surface area contributed by atoms with Crippen molar-refractivity contribution in [3.05, 3.63) is 35.9 Å². The topological polar surface area (TPSA) is 104 Å². The standard InChI is InChI=1S/C18H24N2O6/c1-12(2)17(18(25)20(11-16(23)24)26-14(4)22)19(13(3)21)10-15-8-6-5-7-9-15/h5-9,12,17H,10-11H2,1-4H3,(H,23,24). The molecule has 1 atom stereocenters. The van der Waals surface area contributed by atoms with Gasteiger partial charge in [0.2, 0.25) is 5.91 Å². The summed E-state index contributed by atoms with van der Waals surface area (Å²) in [4.78, 5) is 53.4. The van der Waals surface area contributed by atoms with E-state index in [9.17, 15) is 19.2 Å². The first kappa shape index (κ1) is 21.1. The lowest BCUT2D eigenvalue weighted by Gasteiger charge is -2.35. The molecule has 0 saturated heterocycles. The Morgan fingerprint density at radius 3 is 2.08 bits per heavy atom. The van der Waals surface area contributed by atoms with Crippen molar-refractivity contribution in [3.63, 3.8) is 0 Å². The SMILES string of the molecule is CC(=O)ON(CC(=O)O)C(=O)C(C(C)C)N(Cc1ccccc1)C(C)=O. The Hall–Kier alpha value is -2.90. The number of carbonyl (C=O) groups excluding carboxylic acids is 3. The van der Waals surface area contributed by atoms with Gasteiger partial charge < -0.3 is 14.8 Å². The quantitative estimate of drug-likeness (QED) is 0.735. The Labute approximate surface area is 152 Å². The molecule has 0 bridgehead atoms. The van der Waals surface area contributed by atoms with Crippen molar-refractivity contribution in [3.8, 4) is 0 Å². The van der Waals surface area contributed by atoms with E-state index in [1.165, 1.54) is 11.8 Å². The van der Waals surface area contributed by atoms with E-state index < -0.39 is 30.4 Å². The maximum Gasteiger partial charge on any atom is 0.329 e. The average Bonchev–Trinajstić information content (AvgIpc) is 2.53. The van der Waals surface area contributed by atoms with Gasteiger partial charge in [-0.3, -0.25) is 19.2 Å². The van der Waals surface area contributed by atoms with E-state index in [2.05, 4.69) is 0 Å². The van der Waals surface area contributed by atoms with Crippen LogP contribution in [0.15, 0.2) is 30.3 Å². The molecule has 0 spiro atoms. The molecule has 0 aliphatic rings. The van der Waals surface area contributed by atoms with Gasteiger partial charge in [-0.2, -0.15) is 5.06 Å². The minimum atomic E-state index is -1.33. The molecule has 0 aromatic heterocycles. The monoisotopic (exact) mass is 364 g/mol. The van der Waals surface area contributed by atoms with Crippen molar-refractivity contribution in [1.82, 2.24) is 9.96 Å². The van der Waals surface area contributed by atoms with Crippen LogP contribution < -0.4 is 0 Å². The number of carboxylic acids is 1. The number of hydrogen-bond donors (Lipinski definition) is 1. The Morgan fingerprint density at radius 2 is 1.65 bits per heavy atom. The van der Waals surface area contributed by atoms with Crippen molar-refractivity contribution < 1.29 is 29.1 Å². The lowest BCUT2D eigenvalue weighted by molar-refractivity contribution is -0.203. The van der Waals surface area contributed by atoms with E-state index in [1.807, 2.05) is 30.3 Å². The molecule has 8 nitrogen and oxygen atoms in total. The summed E-state index contributed by atoms with van der Waals surface area (Å²) in [7, 11) is 0. The number of aliphatic carboxylic acids is 1. The highest BCUT2D eigenvalue weighted by atomic mass is 16.7. The number of rotatable bonds is 7. The van der Waals surface area contributed by atoms with Gasteiger partial charge in [0, 0.05) is 20.4 Å². The fourth-order valence-electron chi connectivity index (χ4n) is 2.54. The zero-order valence-electron chi connectivity index (χ0n) is 15.3. The third kappa shape index (κ3) is 6.19. The Kier molecular flexibility index (Phi) is 7.77. The van der Waals surface area contributed by atoms with Crippen LogP contribution >= 0.6 is 0 Å². The average molecular weight is 364 g/mol. The first-order valence-corrected chi connectivity index (χ1v) is 8.16. The van der Waals surface area contributed by atoms with E-state index >= 15 is 0 Å². The Balaban J connectivity index is 3.18. The van der Waals surface area contributed by atoms with E-state index in [0.29, 0.717) is 5.06 Å². The molecule has 8 heteroatoms. The Bertz CT molecular complexity index is 643. The van der Waals surface area contributed by atoms with Crippen molar-refractivity contribution in [2.45, 2.75) is 40.3 Å². The van der Waals surface area contributed by atoms with Gasteiger partial charge in [0.1, 0.15) is 6.04 Å². The second kappa shape index (κ2) is 9.55. The molecule has 0 heterocycles. The molecular weight excluding hydrogens is 340 g/mol. The molecule has 0 aliphatic carbocycles. The van der Waals surface area contributed by atoms with Crippen LogP contribution in [0.1, 0.15) is 33.3 Å². The number of carboxylic acid groups (broad SMARTS) is 1. The minimum absolute atomic E-state index is 0.172. The fourth-order valence-corrected chi connectivity index (χ4v) is 2.54. The van der Waals surface area contributed by atoms with Gasteiger partial charge in [-0.15, -0.1) is 0 Å². The van der Waals surface area contributed by atoms with Crippen molar-refractivity contribution in [2.75, 3.05) is 6.54 Å². The molecule has 0 radical (unpaired) electrons. The van der Waals surface area contributed by atoms with Crippen LogP contribution in [0, 0.1) is 5.92 Å². The largest absolute Gasteiger partial charge is 0.480 e. The van der Waals surface area contributed by atoms with Crippen molar-refractivity contribution in [1.29, 1.82) is 0 Å². The van der Waals surface area contributed by atoms with Crippen LogP contribution in [0.3, 0.4) is 0 Å². The smallest absolute Gasteiger partial charge is 0.329 e. The molecule has 1 N–H and O–H groups in total. The first-order chi connectivity index (χ1) is 12.1. The van der Waals surface area contributed by atoms with Crippen LogP contribution in [0.2, 0.25) is 0 Å². The zero-order valence-corrected chi connectivity index (χ0v) is 15.3. The molecule has 1 rings (SSSR count). The summed E-state index contributed by atoms with van der Waals surface area (Å²) in [6.45, 7) is 5.23. The number of amides is 2. The summed E-state index contributed by atoms with van der Waals surface area (Å²) in [5, 5.41) is 9.48. The van der Waals surface area contributed by atoms with Gasteiger partial charge in [0.15, 0.2) is 6.54 Å². The normalized spacial score (nSPS) is 11.6. The third-order valence-electron chi connectivity index (χ3n) is 3.58. The highest BCUT2D eigenvalue weighted by molar-refractivity contribution is 5.89. The summed E-state index contributed by atoms with van der Waals surface area (Å²) < 4.78 is 0. The minimum Gasteiger partial charge on any atom is -0.480 e. The predicted molar refractivity (Wildman–Crippen MR) is 92.4 cm³/mol. The third-order valence-corrected chi connectivity index (χ3v) is 3.58. The summed E-state index contributed by atoms with van der Waals surface area (Å²) >= 11 is 0. The number of hydrogen-bond acceptors (Lipinski definition) is 5. The van der Waals surface area contributed by atoms with Gasteiger partial charge in [-0.05, 0) is 11.5 Å². The molecule has 142 valence electrons. The van der Waals surface area contributed by atoms with E-state index in [-0.39, 0.29) is 18.4 Å². The van der Waals surface area contributed by atoms with Gasteiger partial charge in [0.25, 0.3) is 5.91 Å². The lowest BCUT2D eigenvalue weighted by Crippen LogP contribution is -2.53. The molecule has 0 saturated carbocycles. The van der Waals surface area contributed by atoms with Crippen LogP contribution in [-0.4, -0.2) is 51.4 Å². The maximum absolute atomic E-state index is 12.9. The molecule has 26 heavy (non-hydrogen) atoms. The predicted octanol–water partition coefficient (Wildman–Crippen LogP) is 1.45. The molecule has 1 aromatic carbocycles. The van der Waals surface area contributed by atoms with E-state index in [0.717, 1.165) is 12.5 Å². The van der Waals surface area contributed by atoms with Gasteiger partial charge in [-0.25, -0.2) is 0 Å². The van der Waals surface area contributed by atoms with Crippen LogP contribution in [0.5, 0.6) is 0 Å². The number of benzene rings is 1. The number of hydroxylamine groups is 2. The van der Waals surface area contributed by atoms with Crippen LogP contribution in [0.4, 0.5) is 0 Å². The highest BCUT2D eigenvalue weighted by Crippen LogP contribution is 2.18. The van der Waals surface area contributed by atoms with Gasteiger partial charge >= 0.3 is 11.9 Å². The summed E-state index contributed by atoms with van der Waals surface area (Å²) in [5.41, 5.74) is 0.818. The fraction of sp³-hybridized carbons (Fsp3) is 0.444. The van der Waals surface area contributed by atoms with Crippen molar-refractivity contribution in [2.24, 2.45) is 5.92 Å².